The zero-order valence-corrected chi connectivity index (χ0v) is 14.2. The van der Waals surface area contributed by atoms with Gasteiger partial charge in [0.1, 0.15) is 13.2 Å². The predicted octanol–water partition coefficient (Wildman–Crippen LogP) is 1.84. The van der Waals surface area contributed by atoms with Gasteiger partial charge in [0.25, 0.3) is 0 Å². The molecule has 21 heavy (non-hydrogen) atoms. The number of ether oxygens (including phenoxy) is 2. The van der Waals surface area contributed by atoms with Gasteiger partial charge in [0.15, 0.2) is 21.3 Å². The van der Waals surface area contributed by atoms with Crippen LogP contribution in [0.2, 0.25) is 0 Å². The quantitative estimate of drug-likeness (QED) is 0.806. The third-order valence-electron chi connectivity index (χ3n) is 3.96. The number of nitrogens with zero attached hydrogens (tertiary/aromatic N) is 1. The zero-order valence-electron chi connectivity index (χ0n) is 11.8. The van der Waals surface area contributed by atoms with Gasteiger partial charge in [0.05, 0.1) is 11.5 Å². The molecular formula is C14H18BrNO4S. The fourth-order valence-electron chi connectivity index (χ4n) is 2.75. The van der Waals surface area contributed by atoms with Gasteiger partial charge in [-0.25, -0.2) is 8.42 Å². The molecule has 1 atom stereocenters. The van der Waals surface area contributed by atoms with Crippen LogP contribution in [-0.2, 0) is 16.4 Å². The van der Waals surface area contributed by atoms with Crippen molar-refractivity contribution in [3.05, 3.63) is 22.2 Å². The molecule has 0 saturated carbocycles. The molecule has 116 valence electrons. The van der Waals surface area contributed by atoms with E-state index in [-0.39, 0.29) is 11.8 Å². The molecule has 0 spiro atoms. The van der Waals surface area contributed by atoms with Gasteiger partial charge < -0.3 is 9.47 Å². The average molecular weight is 376 g/mol. The van der Waals surface area contributed by atoms with Crippen molar-refractivity contribution in [3.63, 3.8) is 0 Å². The van der Waals surface area contributed by atoms with Gasteiger partial charge in [-0.15, -0.1) is 0 Å². The van der Waals surface area contributed by atoms with Gasteiger partial charge in [-0.3, -0.25) is 4.90 Å². The molecule has 0 N–H and O–H groups in total. The molecule has 0 aromatic heterocycles. The summed E-state index contributed by atoms with van der Waals surface area (Å²) in [6, 6.07) is 3.98. The fraction of sp³-hybridized carbons (Fsp3) is 0.571. The second-order valence-electron chi connectivity index (χ2n) is 5.56. The Balaban J connectivity index is 1.75. The molecule has 0 unspecified atom stereocenters. The van der Waals surface area contributed by atoms with Crippen LogP contribution in [0.25, 0.3) is 0 Å². The summed E-state index contributed by atoms with van der Waals surface area (Å²) in [5, 5.41) is 0. The first-order chi connectivity index (χ1) is 9.94. The van der Waals surface area contributed by atoms with Crippen LogP contribution in [0.5, 0.6) is 11.5 Å². The first kappa shape index (κ1) is 15.1. The Morgan fingerprint density at radius 1 is 1.29 bits per heavy atom. The first-order valence-corrected chi connectivity index (χ1v) is 9.55. The van der Waals surface area contributed by atoms with Gasteiger partial charge in [0, 0.05) is 17.1 Å². The Bertz CT molecular complexity index is 647. The van der Waals surface area contributed by atoms with E-state index in [0.717, 1.165) is 21.5 Å². The van der Waals surface area contributed by atoms with Crippen LogP contribution in [0.1, 0.15) is 12.0 Å². The van der Waals surface area contributed by atoms with Crippen LogP contribution in [0, 0.1) is 0 Å². The maximum Gasteiger partial charge on any atom is 0.162 e. The molecule has 1 aromatic rings. The van der Waals surface area contributed by atoms with Crippen molar-refractivity contribution >= 4 is 25.8 Å². The van der Waals surface area contributed by atoms with Crippen molar-refractivity contribution in [2.45, 2.75) is 19.0 Å². The standard InChI is InChI=1S/C14H18BrNO4S/c1-16(11-2-5-21(17,18)9-11)8-10-6-13-14(7-12(10)15)20-4-3-19-13/h6-7,11H,2-5,8-9H2,1H3/t11-/m1/s1. The van der Waals surface area contributed by atoms with Crippen LogP contribution in [0.15, 0.2) is 16.6 Å². The summed E-state index contributed by atoms with van der Waals surface area (Å²) in [5.74, 6) is 2.06. The van der Waals surface area contributed by atoms with Gasteiger partial charge in [-0.05, 0) is 31.2 Å². The Hall–Kier alpha value is -0.790. The topological polar surface area (TPSA) is 55.8 Å². The van der Waals surface area contributed by atoms with E-state index in [1.54, 1.807) is 0 Å². The minimum atomic E-state index is -2.86. The van der Waals surface area contributed by atoms with E-state index < -0.39 is 9.84 Å². The van der Waals surface area contributed by atoms with Crippen molar-refractivity contribution < 1.29 is 17.9 Å². The van der Waals surface area contributed by atoms with Gasteiger partial charge in [-0.2, -0.15) is 0 Å². The van der Waals surface area contributed by atoms with Crippen molar-refractivity contribution in [1.29, 1.82) is 0 Å². The Morgan fingerprint density at radius 2 is 1.95 bits per heavy atom. The minimum absolute atomic E-state index is 0.0927. The summed E-state index contributed by atoms with van der Waals surface area (Å²) in [4.78, 5) is 2.10. The number of benzene rings is 1. The highest BCUT2D eigenvalue weighted by Crippen LogP contribution is 2.36. The summed E-state index contributed by atoms with van der Waals surface area (Å²) in [5.41, 5.74) is 1.08. The van der Waals surface area contributed by atoms with Crippen LogP contribution in [0.4, 0.5) is 0 Å². The second-order valence-corrected chi connectivity index (χ2v) is 8.64. The molecule has 0 aliphatic carbocycles. The molecule has 2 heterocycles. The molecule has 1 saturated heterocycles. The van der Waals surface area contributed by atoms with Crippen LogP contribution < -0.4 is 9.47 Å². The van der Waals surface area contributed by atoms with Gasteiger partial charge in [0.2, 0.25) is 0 Å². The Morgan fingerprint density at radius 3 is 2.57 bits per heavy atom. The lowest BCUT2D eigenvalue weighted by Crippen LogP contribution is -2.32. The smallest absolute Gasteiger partial charge is 0.162 e. The van der Waals surface area contributed by atoms with Crippen LogP contribution >= 0.6 is 15.9 Å². The van der Waals surface area contributed by atoms with Crippen molar-refractivity contribution in [3.8, 4) is 11.5 Å². The predicted molar refractivity (Wildman–Crippen MR) is 83.7 cm³/mol. The Labute approximate surface area is 133 Å². The SMILES string of the molecule is CN(Cc1cc2c(cc1Br)OCCO2)[C@@H]1CCS(=O)(=O)C1. The van der Waals surface area contributed by atoms with E-state index in [1.807, 2.05) is 19.2 Å². The monoisotopic (exact) mass is 375 g/mol. The van der Waals surface area contributed by atoms with Crippen LogP contribution in [-0.4, -0.2) is 51.1 Å². The number of rotatable bonds is 3. The molecule has 0 radical (unpaired) electrons. The fourth-order valence-corrected chi connectivity index (χ4v) is 5.00. The third kappa shape index (κ3) is 3.35. The lowest BCUT2D eigenvalue weighted by molar-refractivity contribution is 0.170. The minimum Gasteiger partial charge on any atom is -0.486 e. The maximum atomic E-state index is 11.6. The highest BCUT2D eigenvalue weighted by molar-refractivity contribution is 9.10. The van der Waals surface area contributed by atoms with Gasteiger partial charge >= 0.3 is 0 Å². The molecule has 0 amide bonds. The Kier molecular flexibility index (Phi) is 4.16. The number of halogens is 1. The average Bonchev–Trinajstić information content (AvgIpc) is 2.80. The number of sulfone groups is 1. The number of fused-ring (bicyclic) bond motifs is 1. The van der Waals surface area contributed by atoms with Crippen molar-refractivity contribution in [1.82, 2.24) is 4.90 Å². The van der Waals surface area contributed by atoms with E-state index in [1.165, 1.54) is 0 Å². The normalized spacial score (nSPS) is 23.5. The molecular weight excluding hydrogens is 358 g/mol. The second kappa shape index (κ2) is 5.78. The zero-order chi connectivity index (χ0) is 15.0. The molecule has 2 aliphatic heterocycles. The number of hydrogen-bond acceptors (Lipinski definition) is 5. The van der Waals surface area contributed by atoms with E-state index >= 15 is 0 Å². The summed E-state index contributed by atoms with van der Waals surface area (Å²) in [6.45, 7) is 1.81. The first-order valence-electron chi connectivity index (χ1n) is 6.93. The summed E-state index contributed by atoms with van der Waals surface area (Å²) < 4.78 is 35.3. The maximum absolute atomic E-state index is 11.6. The molecule has 5 nitrogen and oxygen atoms in total. The molecule has 2 aliphatic rings. The third-order valence-corrected chi connectivity index (χ3v) is 6.45. The highest BCUT2D eigenvalue weighted by Gasteiger charge is 2.30. The van der Waals surface area contributed by atoms with Crippen molar-refractivity contribution in [2.24, 2.45) is 0 Å². The van der Waals surface area contributed by atoms with Crippen LogP contribution in [0.3, 0.4) is 0 Å². The lowest BCUT2D eigenvalue weighted by Gasteiger charge is -2.25. The lowest BCUT2D eigenvalue weighted by atomic mass is 10.1. The van der Waals surface area contributed by atoms with E-state index in [9.17, 15) is 8.42 Å². The largest absolute Gasteiger partial charge is 0.486 e. The molecule has 1 aromatic carbocycles. The molecule has 1 fully saturated rings. The molecule has 3 rings (SSSR count). The van der Waals surface area contributed by atoms with Crippen molar-refractivity contribution in [2.75, 3.05) is 31.8 Å². The highest BCUT2D eigenvalue weighted by atomic mass is 79.9. The summed E-state index contributed by atoms with van der Waals surface area (Å²) >= 11 is 3.55. The summed E-state index contributed by atoms with van der Waals surface area (Å²) in [6.07, 6.45) is 0.709. The van der Waals surface area contributed by atoms with E-state index in [2.05, 4.69) is 20.8 Å². The molecule has 0 bridgehead atoms. The summed E-state index contributed by atoms with van der Waals surface area (Å²) in [7, 11) is -0.888. The number of hydrogen-bond donors (Lipinski definition) is 0. The van der Waals surface area contributed by atoms with Gasteiger partial charge in [-0.1, -0.05) is 15.9 Å². The van der Waals surface area contributed by atoms with E-state index in [4.69, 9.17) is 9.47 Å². The van der Waals surface area contributed by atoms with E-state index in [0.29, 0.717) is 31.9 Å². The molecule has 7 heteroatoms.